The summed E-state index contributed by atoms with van der Waals surface area (Å²) in [5.74, 6) is 0.839. The summed E-state index contributed by atoms with van der Waals surface area (Å²) in [5, 5.41) is 2.67. The van der Waals surface area contributed by atoms with Crippen LogP contribution in [0.25, 0.3) is 0 Å². The van der Waals surface area contributed by atoms with Crippen LogP contribution < -0.4 is 10.1 Å². The molecule has 0 aliphatic carbocycles. The number of furan rings is 1. The third-order valence-electron chi connectivity index (χ3n) is 4.18. The Kier molecular flexibility index (Phi) is 6.06. The molecule has 0 saturated carbocycles. The van der Waals surface area contributed by atoms with Crippen LogP contribution in [0.5, 0.6) is 5.75 Å². The minimum Gasteiger partial charge on any atom is -0.468 e. The van der Waals surface area contributed by atoms with Crippen LogP contribution in [0.15, 0.2) is 47.1 Å². The number of nitrogens with one attached hydrogen (secondary N) is 1. The number of urea groups is 1. The van der Waals surface area contributed by atoms with Gasteiger partial charge in [-0.25, -0.2) is 4.79 Å². The van der Waals surface area contributed by atoms with Gasteiger partial charge in [0.15, 0.2) is 0 Å². The Morgan fingerprint density at radius 1 is 1.15 bits per heavy atom. The Balaban J connectivity index is 1.57. The summed E-state index contributed by atoms with van der Waals surface area (Å²) in [6.07, 6.45) is 2.47. The van der Waals surface area contributed by atoms with Crippen LogP contribution in [-0.4, -0.2) is 48.6 Å². The fourth-order valence-electron chi connectivity index (χ4n) is 2.92. The van der Waals surface area contributed by atoms with Gasteiger partial charge in [0.2, 0.25) is 0 Å². The number of hydrogen-bond donors (Lipinski definition) is 1. The van der Waals surface area contributed by atoms with Crippen LogP contribution in [-0.2, 0) is 6.54 Å². The van der Waals surface area contributed by atoms with E-state index in [1.54, 1.807) is 23.3 Å². The number of amides is 2. The van der Waals surface area contributed by atoms with Gasteiger partial charge in [0.25, 0.3) is 0 Å². The van der Waals surface area contributed by atoms with Crippen molar-refractivity contribution in [2.75, 3.05) is 31.5 Å². The van der Waals surface area contributed by atoms with E-state index in [1.165, 1.54) is 12.1 Å². The quantitative estimate of drug-likeness (QED) is 0.879. The second kappa shape index (κ2) is 8.66. The van der Waals surface area contributed by atoms with Gasteiger partial charge in [-0.15, -0.1) is 0 Å². The molecule has 2 heterocycles. The first-order valence-corrected chi connectivity index (χ1v) is 8.46. The zero-order chi connectivity index (χ0) is 18.4. The van der Waals surface area contributed by atoms with Crippen molar-refractivity contribution in [2.45, 2.75) is 19.6 Å². The fourth-order valence-corrected chi connectivity index (χ4v) is 2.92. The second-order valence-electron chi connectivity index (χ2n) is 6.00. The number of hydrogen-bond acceptors (Lipinski definition) is 4. The van der Waals surface area contributed by atoms with E-state index in [0.717, 1.165) is 18.7 Å². The zero-order valence-electron chi connectivity index (χ0n) is 14.2. The van der Waals surface area contributed by atoms with E-state index in [0.29, 0.717) is 26.2 Å². The molecule has 0 bridgehead atoms. The highest BCUT2D eigenvalue weighted by atomic mass is 19.3. The maximum absolute atomic E-state index is 12.5. The Hall–Kier alpha value is -2.61. The third-order valence-corrected chi connectivity index (χ3v) is 4.18. The smallest absolute Gasteiger partial charge is 0.387 e. The fraction of sp³-hybridized carbons (Fsp3) is 0.389. The molecule has 1 aromatic heterocycles. The molecule has 0 spiro atoms. The average Bonchev–Trinajstić information content (AvgIpc) is 3.00. The molecular weight excluding hydrogens is 344 g/mol. The maximum Gasteiger partial charge on any atom is 0.387 e. The normalized spacial score (nSPS) is 15.7. The number of halogens is 2. The number of carbonyl (C=O) groups is 1. The van der Waals surface area contributed by atoms with Crippen LogP contribution in [0.2, 0.25) is 0 Å². The Morgan fingerprint density at radius 2 is 2.00 bits per heavy atom. The summed E-state index contributed by atoms with van der Waals surface area (Å²) in [6.45, 7) is 0.469. The molecule has 1 aliphatic heterocycles. The standard InChI is InChI=1S/C18H21F2N3O3/c19-17(20)26-16-7-2-1-6-15(16)21-18(24)23-9-4-8-22(10-11-23)13-14-5-3-12-25-14/h1-3,5-7,12,17H,4,8-11,13H2,(H,21,24). The number of rotatable bonds is 5. The minimum atomic E-state index is -2.94. The lowest BCUT2D eigenvalue weighted by Gasteiger charge is -2.22. The molecule has 1 aromatic carbocycles. The number of alkyl halides is 2. The lowest BCUT2D eigenvalue weighted by Crippen LogP contribution is -2.38. The molecular formula is C18H21F2N3O3. The van der Waals surface area contributed by atoms with Gasteiger partial charge < -0.3 is 19.4 Å². The molecule has 1 aliphatic rings. The van der Waals surface area contributed by atoms with E-state index in [1.807, 2.05) is 12.1 Å². The first kappa shape index (κ1) is 18.2. The monoisotopic (exact) mass is 365 g/mol. The molecule has 1 fully saturated rings. The van der Waals surface area contributed by atoms with Gasteiger partial charge in [-0.05, 0) is 30.7 Å². The molecule has 140 valence electrons. The third kappa shape index (κ3) is 4.95. The summed E-state index contributed by atoms with van der Waals surface area (Å²) in [4.78, 5) is 16.4. The summed E-state index contributed by atoms with van der Waals surface area (Å²) in [5.41, 5.74) is 0.231. The van der Waals surface area contributed by atoms with E-state index < -0.39 is 6.61 Å². The number of para-hydroxylation sites is 2. The van der Waals surface area contributed by atoms with E-state index in [-0.39, 0.29) is 17.5 Å². The van der Waals surface area contributed by atoms with E-state index in [2.05, 4.69) is 15.0 Å². The summed E-state index contributed by atoms with van der Waals surface area (Å²) in [6, 6.07) is 9.62. The molecule has 0 unspecified atom stereocenters. The molecule has 0 radical (unpaired) electrons. The number of carbonyl (C=O) groups excluding carboxylic acids is 1. The first-order chi connectivity index (χ1) is 12.6. The SMILES string of the molecule is O=C(Nc1ccccc1OC(F)F)N1CCCN(Cc2ccco2)CC1. The lowest BCUT2D eigenvalue weighted by molar-refractivity contribution is -0.0493. The average molecular weight is 365 g/mol. The predicted molar refractivity (Wildman–Crippen MR) is 92.3 cm³/mol. The molecule has 8 heteroatoms. The van der Waals surface area contributed by atoms with Gasteiger partial charge in [-0.1, -0.05) is 12.1 Å². The molecule has 2 aromatic rings. The number of nitrogens with zero attached hydrogens (tertiary/aromatic N) is 2. The van der Waals surface area contributed by atoms with Crippen molar-refractivity contribution in [3.05, 3.63) is 48.4 Å². The largest absolute Gasteiger partial charge is 0.468 e. The van der Waals surface area contributed by atoms with Crippen molar-refractivity contribution >= 4 is 11.7 Å². The Morgan fingerprint density at radius 3 is 2.77 bits per heavy atom. The van der Waals surface area contributed by atoms with Gasteiger partial charge in [0, 0.05) is 26.2 Å². The highest BCUT2D eigenvalue weighted by Gasteiger charge is 2.21. The van der Waals surface area contributed by atoms with Gasteiger partial charge in [-0.2, -0.15) is 8.78 Å². The lowest BCUT2D eigenvalue weighted by atomic mass is 10.3. The molecule has 26 heavy (non-hydrogen) atoms. The Bertz CT molecular complexity index is 709. The highest BCUT2D eigenvalue weighted by Crippen LogP contribution is 2.26. The van der Waals surface area contributed by atoms with Crippen molar-refractivity contribution in [1.82, 2.24) is 9.80 Å². The molecule has 6 nitrogen and oxygen atoms in total. The van der Waals surface area contributed by atoms with Crippen molar-refractivity contribution in [1.29, 1.82) is 0 Å². The topological polar surface area (TPSA) is 58.0 Å². The van der Waals surface area contributed by atoms with E-state index in [4.69, 9.17) is 4.42 Å². The summed E-state index contributed by atoms with van der Waals surface area (Å²) >= 11 is 0. The Labute approximate surface area is 150 Å². The molecule has 1 N–H and O–H groups in total. The zero-order valence-corrected chi connectivity index (χ0v) is 14.2. The second-order valence-corrected chi connectivity index (χ2v) is 6.00. The molecule has 2 amide bonds. The van der Waals surface area contributed by atoms with E-state index in [9.17, 15) is 13.6 Å². The van der Waals surface area contributed by atoms with Crippen LogP contribution >= 0.6 is 0 Å². The number of benzene rings is 1. The predicted octanol–water partition coefficient (Wildman–Crippen LogP) is 3.62. The summed E-state index contributed by atoms with van der Waals surface area (Å²) in [7, 11) is 0. The maximum atomic E-state index is 12.5. The van der Waals surface area contributed by atoms with Crippen LogP contribution in [0, 0.1) is 0 Å². The molecule has 0 atom stereocenters. The summed E-state index contributed by atoms with van der Waals surface area (Å²) < 4.78 is 34.8. The van der Waals surface area contributed by atoms with Gasteiger partial charge in [-0.3, -0.25) is 4.90 Å². The van der Waals surface area contributed by atoms with Crippen molar-refractivity contribution in [3.63, 3.8) is 0 Å². The highest BCUT2D eigenvalue weighted by molar-refractivity contribution is 5.91. The number of anilines is 1. The van der Waals surface area contributed by atoms with Crippen LogP contribution in [0.3, 0.4) is 0 Å². The van der Waals surface area contributed by atoms with Crippen LogP contribution in [0.4, 0.5) is 19.3 Å². The van der Waals surface area contributed by atoms with Crippen LogP contribution in [0.1, 0.15) is 12.2 Å². The molecule has 1 saturated heterocycles. The van der Waals surface area contributed by atoms with Crippen molar-refractivity contribution < 1.29 is 22.7 Å². The van der Waals surface area contributed by atoms with Crippen molar-refractivity contribution in [2.24, 2.45) is 0 Å². The minimum absolute atomic E-state index is 0.0508. The van der Waals surface area contributed by atoms with Gasteiger partial charge in [0.1, 0.15) is 11.5 Å². The van der Waals surface area contributed by atoms with Gasteiger partial charge >= 0.3 is 12.6 Å². The van der Waals surface area contributed by atoms with Crippen molar-refractivity contribution in [3.8, 4) is 5.75 Å². The van der Waals surface area contributed by atoms with E-state index >= 15 is 0 Å². The molecule has 3 rings (SSSR count). The number of ether oxygens (including phenoxy) is 1. The van der Waals surface area contributed by atoms with Gasteiger partial charge in [0.05, 0.1) is 18.5 Å². The first-order valence-electron chi connectivity index (χ1n) is 8.46.